The van der Waals surface area contributed by atoms with Gasteiger partial charge in [0, 0.05) is 29.1 Å². The maximum Gasteiger partial charge on any atom is 0.264 e. The average Bonchev–Trinajstić information content (AvgIpc) is 2.80. The maximum absolute atomic E-state index is 13.1. The number of hydrogen-bond acceptors (Lipinski definition) is 4. The molecule has 6 heteroatoms. The Bertz CT molecular complexity index is 1060. The Morgan fingerprint density at radius 2 is 1.97 bits per heavy atom. The summed E-state index contributed by atoms with van der Waals surface area (Å²) in [6.45, 7) is 4.48. The van der Waals surface area contributed by atoms with Crippen molar-refractivity contribution in [3.63, 3.8) is 0 Å². The zero-order valence-corrected chi connectivity index (χ0v) is 19.9. The van der Waals surface area contributed by atoms with Gasteiger partial charge in [-0.2, -0.15) is 0 Å². The van der Waals surface area contributed by atoms with Gasteiger partial charge in [0.15, 0.2) is 0 Å². The van der Waals surface area contributed by atoms with Crippen LogP contribution < -0.4 is 15.0 Å². The number of amides is 2. The van der Waals surface area contributed by atoms with E-state index in [0.717, 1.165) is 34.7 Å². The van der Waals surface area contributed by atoms with E-state index in [-0.39, 0.29) is 17.9 Å². The number of carbonyl (C=O) groups is 2. The van der Waals surface area contributed by atoms with E-state index in [0.29, 0.717) is 22.3 Å². The molecule has 0 bridgehead atoms. The van der Waals surface area contributed by atoms with Crippen molar-refractivity contribution < 1.29 is 14.3 Å². The summed E-state index contributed by atoms with van der Waals surface area (Å²) < 4.78 is 5.41. The molecule has 168 valence electrons. The van der Waals surface area contributed by atoms with E-state index < -0.39 is 0 Å². The number of hydrogen-bond donors (Lipinski definition) is 1. The van der Waals surface area contributed by atoms with E-state index in [1.54, 1.807) is 19.1 Å². The highest BCUT2D eigenvalue weighted by Gasteiger charge is 2.30. The predicted octanol–water partition coefficient (Wildman–Crippen LogP) is 5.36. The molecular weight excluding hydrogens is 420 g/mol. The molecule has 3 atom stereocenters. The van der Waals surface area contributed by atoms with Gasteiger partial charge in [-0.05, 0) is 48.6 Å². The Kier molecular flexibility index (Phi) is 6.60. The fourth-order valence-corrected chi connectivity index (χ4v) is 5.58. The number of carbonyl (C=O) groups excluding carboxylic acids is 2. The minimum atomic E-state index is -0.0966. The topological polar surface area (TPSA) is 58.6 Å². The maximum atomic E-state index is 13.1. The molecule has 4 rings (SSSR count). The van der Waals surface area contributed by atoms with Crippen LogP contribution in [0.25, 0.3) is 6.08 Å². The Labute approximate surface area is 194 Å². The van der Waals surface area contributed by atoms with Crippen molar-refractivity contribution in [3.05, 3.63) is 58.5 Å². The average molecular weight is 451 g/mol. The summed E-state index contributed by atoms with van der Waals surface area (Å²) in [7, 11) is 3.37. The Balaban J connectivity index is 1.56. The van der Waals surface area contributed by atoms with Gasteiger partial charge >= 0.3 is 0 Å². The van der Waals surface area contributed by atoms with Crippen LogP contribution in [0.4, 0.5) is 5.69 Å². The minimum absolute atomic E-state index is 0.0695. The molecular formula is C26H30N2O3S. The lowest BCUT2D eigenvalue weighted by Crippen LogP contribution is -2.43. The van der Waals surface area contributed by atoms with E-state index in [9.17, 15) is 9.59 Å². The molecule has 1 saturated carbocycles. The summed E-state index contributed by atoms with van der Waals surface area (Å²) in [6.07, 6.45) is 5.25. The van der Waals surface area contributed by atoms with Crippen LogP contribution >= 0.6 is 11.8 Å². The van der Waals surface area contributed by atoms with Gasteiger partial charge in [0.2, 0.25) is 0 Å². The molecule has 0 saturated heterocycles. The van der Waals surface area contributed by atoms with Crippen molar-refractivity contribution in [3.8, 4) is 5.75 Å². The number of nitrogens with zero attached hydrogens (tertiary/aromatic N) is 1. The second kappa shape index (κ2) is 9.41. The van der Waals surface area contributed by atoms with Crippen LogP contribution in [0.3, 0.4) is 0 Å². The molecule has 1 fully saturated rings. The van der Waals surface area contributed by atoms with Crippen LogP contribution in [0.2, 0.25) is 0 Å². The smallest absolute Gasteiger partial charge is 0.264 e. The van der Waals surface area contributed by atoms with Crippen molar-refractivity contribution in [1.82, 2.24) is 5.32 Å². The normalized spacial score (nSPS) is 24.2. The van der Waals surface area contributed by atoms with Gasteiger partial charge < -0.3 is 15.0 Å². The molecule has 2 aliphatic rings. The SMILES string of the molecule is COc1ccccc1/C=C1/Sc2ccc(C(=O)NC3CCCC(C)C3C)cc2N(C)C1=O. The molecule has 0 aromatic heterocycles. The number of anilines is 1. The van der Waals surface area contributed by atoms with E-state index in [4.69, 9.17) is 4.74 Å². The van der Waals surface area contributed by atoms with E-state index in [1.165, 1.54) is 18.2 Å². The molecule has 0 spiro atoms. The van der Waals surface area contributed by atoms with E-state index in [1.807, 2.05) is 48.5 Å². The lowest BCUT2D eigenvalue weighted by molar-refractivity contribution is -0.114. The lowest BCUT2D eigenvalue weighted by Gasteiger charge is -2.34. The number of benzene rings is 2. The number of thioether (sulfide) groups is 1. The molecule has 1 heterocycles. The Morgan fingerprint density at radius 3 is 2.75 bits per heavy atom. The first-order valence-corrected chi connectivity index (χ1v) is 12.0. The number of nitrogens with one attached hydrogen (secondary N) is 1. The first kappa shape index (κ1) is 22.5. The van der Waals surface area contributed by atoms with Gasteiger partial charge in [0.1, 0.15) is 5.75 Å². The molecule has 1 aliphatic heterocycles. The minimum Gasteiger partial charge on any atom is -0.496 e. The van der Waals surface area contributed by atoms with Gasteiger partial charge in [-0.1, -0.05) is 56.7 Å². The molecule has 2 aromatic rings. The van der Waals surface area contributed by atoms with Gasteiger partial charge in [-0.15, -0.1) is 0 Å². The molecule has 2 aromatic carbocycles. The monoisotopic (exact) mass is 450 g/mol. The van der Waals surface area contributed by atoms with Crippen LogP contribution in [0.5, 0.6) is 5.75 Å². The quantitative estimate of drug-likeness (QED) is 0.637. The molecule has 2 amide bonds. The second-order valence-electron chi connectivity index (χ2n) is 8.75. The van der Waals surface area contributed by atoms with Gasteiger partial charge in [-0.3, -0.25) is 9.59 Å². The van der Waals surface area contributed by atoms with Gasteiger partial charge in [-0.25, -0.2) is 0 Å². The van der Waals surface area contributed by atoms with E-state index in [2.05, 4.69) is 19.2 Å². The van der Waals surface area contributed by atoms with Crippen molar-refractivity contribution in [1.29, 1.82) is 0 Å². The van der Waals surface area contributed by atoms with Crippen molar-refractivity contribution in [2.24, 2.45) is 11.8 Å². The summed E-state index contributed by atoms with van der Waals surface area (Å²) in [5.74, 6) is 1.64. The molecule has 3 unspecified atom stereocenters. The molecule has 5 nitrogen and oxygen atoms in total. The Morgan fingerprint density at radius 1 is 1.19 bits per heavy atom. The van der Waals surface area contributed by atoms with Crippen LogP contribution in [0, 0.1) is 11.8 Å². The third-order valence-electron chi connectivity index (χ3n) is 6.77. The highest BCUT2D eigenvalue weighted by atomic mass is 32.2. The lowest BCUT2D eigenvalue weighted by atomic mass is 9.78. The fraction of sp³-hybridized carbons (Fsp3) is 0.385. The number of likely N-dealkylation sites (N-methyl/N-ethyl adjacent to an activating group) is 1. The van der Waals surface area contributed by atoms with Crippen molar-refractivity contribution >= 4 is 35.3 Å². The largest absolute Gasteiger partial charge is 0.496 e. The molecule has 1 aliphatic carbocycles. The predicted molar refractivity (Wildman–Crippen MR) is 130 cm³/mol. The van der Waals surface area contributed by atoms with Crippen LogP contribution in [0.1, 0.15) is 49.0 Å². The zero-order chi connectivity index (χ0) is 22.8. The number of ether oxygens (including phenoxy) is 1. The Hall–Kier alpha value is -2.73. The number of rotatable bonds is 4. The number of methoxy groups -OCH3 is 1. The van der Waals surface area contributed by atoms with Crippen LogP contribution in [-0.2, 0) is 4.79 Å². The second-order valence-corrected chi connectivity index (χ2v) is 9.83. The molecule has 32 heavy (non-hydrogen) atoms. The summed E-state index contributed by atoms with van der Waals surface area (Å²) in [4.78, 5) is 29.2. The summed E-state index contributed by atoms with van der Waals surface area (Å²) >= 11 is 1.42. The van der Waals surface area contributed by atoms with Crippen LogP contribution in [-0.4, -0.2) is 32.0 Å². The van der Waals surface area contributed by atoms with Crippen molar-refractivity contribution in [2.45, 2.75) is 44.0 Å². The highest BCUT2D eigenvalue weighted by molar-refractivity contribution is 8.04. The summed E-state index contributed by atoms with van der Waals surface area (Å²) in [5.41, 5.74) is 2.20. The van der Waals surface area contributed by atoms with Gasteiger partial charge in [0.05, 0.1) is 17.7 Å². The number of para-hydroxylation sites is 1. The molecule has 1 N–H and O–H groups in total. The molecule has 0 radical (unpaired) electrons. The van der Waals surface area contributed by atoms with Gasteiger partial charge in [0.25, 0.3) is 11.8 Å². The summed E-state index contributed by atoms with van der Waals surface area (Å²) in [5, 5.41) is 3.23. The standard InChI is InChI=1S/C26H30N2O3S/c1-16-8-7-10-20(17(16)2)27-25(29)19-12-13-23-21(14-19)28(3)26(30)24(32-23)15-18-9-5-6-11-22(18)31-4/h5-6,9,11-17,20H,7-8,10H2,1-4H3,(H,27,29)/b24-15+. The first-order valence-electron chi connectivity index (χ1n) is 11.1. The van der Waals surface area contributed by atoms with Crippen LogP contribution in [0.15, 0.2) is 52.3 Å². The first-order chi connectivity index (χ1) is 15.4. The third-order valence-corrected chi connectivity index (χ3v) is 7.84. The van der Waals surface area contributed by atoms with E-state index >= 15 is 0 Å². The highest BCUT2D eigenvalue weighted by Crippen LogP contribution is 2.42. The number of fused-ring (bicyclic) bond motifs is 1. The van der Waals surface area contributed by atoms with Crippen molar-refractivity contribution in [2.75, 3.05) is 19.1 Å². The fourth-order valence-electron chi connectivity index (χ4n) is 4.50. The summed E-state index contributed by atoms with van der Waals surface area (Å²) in [6, 6.07) is 13.4. The third kappa shape index (κ3) is 4.42. The zero-order valence-electron chi connectivity index (χ0n) is 19.1.